The summed E-state index contributed by atoms with van der Waals surface area (Å²) in [6.07, 6.45) is 0. The highest BCUT2D eigenvalue weighted by Crippen LogP contribution is 2.22. The van der Waals surface area contributed by atoms with Gasteiger partial charge in [-0.05, 0) is 39.0 Å². The zero-order valence-electron chi connectivity index (χ0n) is 15.5. The number of amides is 2. The molecule has 144 valence electrons. The normalized spacial score (nSPS) is 21.3. The average molecular weight is 403 g/mol. The van der Waals surface area contributed by atoms with Crippen LogP contribution in [0.15, 0.2) is 18.2 Å². The maximum absolute atomic E-state index is 12.5. The zero-order valence-corrected chi connectivity index (χ0v) is 17.0. The summed E-state index contributed by atoms with van der Waals surface area (Å²) in [4.78, 5) is 26.9. The summed E-state index contributed by atoms with van der Waals surface area (Å²) in [7, 11) is 0. The molecular weight excluding hydrogens is 375 g/mol. The van der Waals surface area contributed by atoms with Crippen molar-refractivity contribution in [2.75, 3.05) is 38.0 Å². The first kappa shape index (κ1) is 21.0. The van der Waals surface area contributed by atoms with Gasteiger partial charge in [0.2, 0.25) is 0 Å². The molecule has 26 heavy (non-hydrogen) atoms. The van der Waals surface area contributed by atoms with Crippen LogP contribution in [0.25, 0.3) is 0 Å². The van der Waals surface area contributed by atoms with Crippen molar-refractivity contribution in [2.45, 2.75) is 32.9 Å². The van der Waals surface area contributed by atoms with Gasteiger partial charge in [-0.25, -0.2) is 0 Å². The Morgan fingerprint density at radius 2 is 1.62 bits per heavy atom. The van der Waals surface area contributed by atoms with Crippen molar-refractivity contribution in [3.63, 3.8) is 0 Å². The van der Waals surface area contributed by atoms with E-state index in [1.165, 1.54) is 9.80 Å². The second-order valence-electron chi connectivity index (χ2n) is 7.18. The van der Waals surface area contributed by atoms with Crippen molar-refractivity contribution in [2.24, 2.45) is 0 Å². The predicted molar refractivity (Wildman–Crippen MR) is 104 cm³/mol. The topological polar surface area (TPSA) is 67.1 Å². The second kappa shape index (κ2) is 9.55. The van der Waals surface area contributed by atoms with Crippen LogP contribution in [0.5, 0.6) is 0 Å². The van der Waals surface area contributed by atoms with Gasteiger partial charge in [-0.2, -0.15) is 0 Å². The van der Waals surface area contributed by atoms with Gasteiger partial charge >= 0.3 is 0 Å². The highest BCUT2D eigenvalue weighted by atomic mass is 35.5. The average Bonchev–Trinajstić information content (AvgIpc) is 2.53. The minimum Gasteiger partial charge on any atom is -0.349 e. The van der Waals surface area contributed by atoms with Crippen LogP contribution in [0.1, 0.15) is 20.8 Å². The summed E-state index contributed by atoms with van der Waals surface area (Å²) >= 11 is 11.9. The van der Waals surface area contributed by atoms with E-state index in [4.69, 9.17) is 23.2 Å². The largest absolute Gasteiger partial charge is 0.349 e. The van der Waals surface area contributed by atoms with E-state index >= 15 is 0 Å². The van der Waals surface area contributed by atoms with E-state index in [1.807, 2.05) is 20.8 Å². The minimum absolute atomic E-state index is 0.0562. The van der Waals surface area contributed by atoms with Gasteiger partial charge in [0.1, 0.15) is 26.2 Å². The third-order valence-electron chi connectivity index (χ3n) is 4.60. The SMILES string of the molecule is CC(C)NC(=O)C[NH+]1CC[NH+]([C@H](C)C(=O)Nc2cc(Cl)cc(Cl)c2)CC1. The van der Waals surface area contributed by atoms with Crippen LogP contribution < -0.4 is 20.4 Å². The highest BCUT2D eigenvalue weighted by Gasteiger charge is 2.31. The van der Waals surface area contributed by atoms with Gasteiger partial charge in [0.25, 0.3) is 11.8 Å². The zero-order chi connectivity index (χ0) is 19.3. The standard InChI is InChI=1S/C18H26Cl2N4O2/c1-12(2)21-17(25)11-23-4-6-24(7-5-23)13(3)18(26)22-16-9-14(19)8-15(20)10-16/h8-10,12-13H,4-7,11H2,1-3H3,(H,21,25)(H,22,26)/p+2/t13-/m1/s1. The maximum Gasteiger partial charge on any atom is 0.282 e. The third kappa shape index (κ3) is 6.43. The summed E-state index contributed by atoms with van der Waals surface area (Å²) in [5.41, 5.74) is 0.605. The Labute approximate surface area is 164 Å². The summed E-state index contributed by atoms with van der Waals surface area (Å²) < 4.78 is 0. The first-order chi connectivity index (χ1) is 12.2. The van der Waals surface area contributed by atoms with E-state index in [0.29, 0.717) is 22.3 Å². The smallest absolute Gasteiger partial charge is 0.282 e. The molecule has 1 atom stereocenters. The molecule has 1 aliphatic heterocycles. The molecule has 0 saturated carbocycles. The molecule has 8 heteroatoms. The molecule has 0 bridgehead atoms. The van der Waals surface area contributed by atoms with Crippen molar-refractivity contribution >= 4 is 40.7 Å². The molecule has 6 nitrogen and oxygen atoms in total. The Hall–Kier alpha value is -1.34. The van der Waals surface area contributed by atoms with Gasteiger partial charge in [-0.3, -0.25) is 9.59 Å². The molecule has 1 fully saturated rings. The number of benzene rings is 1. The summed E-state index contributed by atoms with van der Waals surface area (Å²) in [5, 5.41) is 6.79. The van der Waals surface area contributed by atoms with E-state index < -0.39 is 0 Å². The lowest BCUT2D eigenvalue weighted by Gasteiger charge is -2.32. The summed E-state index contributed by atoms with van der Waals surface area (Å²) in [5.74, 6) is 0.0291. The molecule has 0 aromatic heterocycles. The molecule has 0 spiro atoms. The molecule has 1 saturated heterocycles. The molecule has 0 radical (unpaired) electrons. The number of piperazine rings is 1. The van der Waals surface area contributed by atoms with Crippen LogP contribution in [0, 0.1) is 0 Å². The fourth-order valence-corrected chi connectivity index (χ4v) is 3.72. The first-order valence-corrected chi connectivity index (χ1v) is 9.74. The van der Waals surface area contributed by atoms with Crippen LogP contribution in [0.4, 0.5) is 5.69 Å². The molecule has 0 aliphatic carbocycles. The lowest BCUT2D eigenvalue weighted by Crippen LogP contribution is -3.30. The van der Waals surface area contributed by atoms with Crippen molar-refractivity contribution in [1.29, 1.82) is 0 Å². The lowest BCUT2D eigenvalue weighted by molar-refractivity contribution is -1.01. The van der Waals surface area contributed by atoms with E-state index in [9.17, 15) is 9.59 Å². The van der Waals surface area contributed by atoms with Crippen LogP contribution in [-0.2, 0) is 9.59 Å². The van der Waals surface area contributed by atoms with Gasteiger partial charge < -0.3 is 20.4 Å². The molecule has 4 N–H and O–H groups in total. The monoisotopic (exact) mass is 402 g/mol. The number of halogens is 2. The van der Waals surface area contributed by atoms with Crippen LogP contribution in [0.3, 0.4) is 0 Å². The maximum atomic E-state index is 12.5. The van der Waals surface area contributed by atoms with E-state index in [1.54, 1.807) is 18.2 Å². The fraction of sp³-hybridized carbons (Fsp3) is 0.556. The van der Waals surface area contributed by atoms with E-state index in [0.717, 1.165) is 26.2 Å². The summed E-state index contributed by atoms with van der Waals surface area (Å²) in [6.45, 7) is 9.80. The molecule has 0 unspecified atom stereocenters. The molecule has 1 aromatic carbocycles. The number of carbonyl (C=O) groups is 2. The number of hydrogen-bond acceptors (Lipinski definition) is 2. The predicted octanol–water partition coefficient (Wildman–Crippen LogP) is -0.372. The number of nitrogens with one attached hydrogen (secondary N) is 4. The minimum atomic E-state index is -0.182. The first-order valence-electron chi connectivity index (χ1n) is 8.99. The number of quaternary nitrogens is 2. The number of hydrogen-bond donors (Lipinski definition) is 4. The molecular formula is C18H28Cl2N4O2+2. The molecule has 1 heterocycles. The Kier molecular flexibility index (Phi) is 7.70. The number of carbonyl (C=O) groups excluding carboxylic acids is 2. The molecule has 1 aliphatic rings. The van der Waals surface area contributed by atoms with Crippen molar-refractivity contribution in [1.82, 2.24) is 5.32 Å². The Morgan fingerprint density at radius 1 is 1.04 bits per heavy atom. The van der Waals surface area contributed by atoms with Crippen LogP contribution in [0.2, 0.25) is 10.0 Å². The highest BCUT2D eigenvalue weighted by molar-refractivity contribution is 6.35. The second-order valence-corrected chi connectivity index (χ2v) is 8.05. The van der Waals surface area contributed by atoms with Crippen molar-refractivity contribution < 1.29 is 19.4 Å². The fourth-order valence-electron chi connectivity index (χ4n) is 3.20. The lowest BCUT2D eigenvalue weighted by atomic mass is 10.2. The quantitative estimate of drug-likeness (QED) is 0.524. The van der Waals surface area contributed by atoms with Gasteiger partial charge in [-0.15, -0.1) is 0 Å². The third-order valence-corrected chi connectivity index (χ3v) is 5.03. The summed E-state index contributed by atoms with van der Waals surface area (Å²) in [6, 6.07) is 4.98. The molecule has 1 aromatic rings. The molecule has 2 amide bonds. The van der Waals surface area contributed by atoms with Gasteiger partial charge in [0, 0.05) is 21.8 Å². The van der Waals surface area contributed by atoms with Crippen LogP contribution >= 0.6 is 23.2 Å². The van der Waals surface area contributed by atoms with Crippen LogP contribution in [-0.4, -0.2) is 56.6 Å². The number of rotatable bonds is 6. The number of anilines is 1. The van der Waals surface area contributed by atoms with Crippen molar-refractivity contribution in [3.05, 3.63) is 28.2 Å². The molecule has 2 rings (SSSR count). The van der Waals surface area contributed by atoms with E-state index in [2.05, 4.69) is 10.6 Å². The Balaban J connectivity index is 1.82. The van der Waals surface area contributed by atoms with Gasteiger partial charge in [0.05, 0.1) is 0 Å². The Morgan fingerprint density at radius 3 is 2.15 bits per heavy atom. The van der Waals surface area contributed by atoms with Gasteiger partial charge in [-0.1, -0.05) is 23.2 Å². The van der Waals surface area contributed by atoms with E-state index in [-0.39, 0.29) is 23.9 Å². The van der Waals surface area contributed by atoms with Crippen molar-refractivity contribution in [3.8, 4) is 0 Å². The Bertz CT molecular complexity index is 626. The van der Waals surface area contributed by atoms with Gasteiger partial charge in [0.15, 0.2) is 12.6 Å².